The van der Waals surface area contributed by atoms with E-state index in [-0.39, 0.29) is 36.2 Å². The molecule has 0 aromatic carbocycles. The second-order valence-corrected chi connectivity index (χ2v) is 2.21. The molecule has 5 heteroatoms. The first-order chi connectivity index (χ1) is 4.72. The Hall–Kier alpha value is 0.1000. The third-order valence-electron chi connectivity index (χ3n) is 1.50. The summed E-state index contributed by atoms with van der Waals surface area (Å²) >= 11 is 0. The van der Waals surface area contributed by atoms with E-state index >= 15 is 0 Å². The molecule has 0 amide bonds. The van der Waals surface area contributed by atoms with Gasteiger partial charge >= 0.3 is 29.6 Å². The molecule has 1 fully saturated rings. The van der Waals surface area contributed by atoms with Gasteiger partial charge in [0.1, 0.15) is 5.97 Å². The van der Waals surface area contributed by atoms with Crippen LogP contribution >= 0.6 is 0 Å². The van der Waals surface area contributed by atoms with Gasteiger partial charge in [-0.05, 0) is 6.42 Å². The van der Waals surface area contributed by atoms with Gasteiger partial charge in [-0.15, -0.1) is 0 Å². The molecule has 1 aliphatic rings. The zero-order valence-corrected chi connectivity index (χ0v) is 8.33. The Morgan fingerprint density at radius 2 is 2.09 bits per heavy atom. The SMILES string of the molecule is O=C([O-])C(=O)C1CCOC1.[Na+]. The maximum absolute atomic E-state index is 10.6. The minimum Gasteiger partial charge on any atom is -0.542 e. The van der Waals surface area contributed by atoms with E-state index in [1.807, 2.05) is 0 Å². The molecule has 0 spiro atoms. The number of hydrogen-bond acceptors (Lipinski definition) is 4. The summed E-state index contributed by atoms with van der Waals surface area (Å²) in [5.41, 5.74) is 0. The molecule has 0 N–H and O–H groups in total. The van der Waals surface area contributed by atoms with Crippen LogP contribution in [0.1, 0.15) is 6.42 Å². The van der Waals surface area contributed by atoms with E-state index in [1.165, 1.54) is 0 Å². The topological polar surface area (TPSA) is 66.4 Å². The first-order valence-corrected chi connectivity index (χ1v) is 3.04. The molecule has 1 heterocycles. The maximum atomic E-state index is 10.6. The fourth-order valence-electron chi connectivity index (χ4n) is 0.908. The van der Waals surface area contributed by atoms with Crippen LogP contribution in [0.4, 0.5) is 0 Å². The van der Waals surface area contributed by atoms with Crippen molar-refractivity contribution in [1.82, 2.24) is 0 Å². The number of rotatable bonds is 2. The monoisotopic (exact) mass is 166 g/mol. The zero-order chi connectivity index (χ0) is 7.56. The molecule has 56 valence electrons. The molecule has 0 saturated carbocycles. The third-order valence-corrected chi connectivity index (χ3v) is 1.50. The van der Waals surface area contributed by atoms with Crippen molar-refractivity contribution in [2.24, 2.45) is 5.92 Å². The second kappa shape index (κ2) is 4.87. The van der Waals surface area contributed by atoms with Crippen molar-refractivity contribution < 1.29 is 49.0 Å². The zero-order valence-electron chi connectivity index (χ0n) is 6.33. The van der Waals surface area contributed by atoms with Gasteiger partial charge in [0.25, 0.3) is 0 Å². The Kier molecular flexibility index (Phi) is 4.92. The molecule has 4 nitrogen and oxygen atoms in total. The Morgan fingerprint density at radius 1 is 1.45 bits per heavy atom. The van der Waals surface area contributed by atoms with Crippen LogP contribution < -0.4 is 34.7 Å². The molecule has 0 aliphatic carbocycles. The van der Waals surface area contributed by atoms with Crippen molar-refractivity contribution >= 4 is 11.8 Å². The summed E-state index contributed by atoms with van der Waals surface area (Å²) in [6.07, 6.45) is 0.507. The van der Waals surface area contributed by atoms with Gasteiger partial charge in [-0.1, -0.05) is 0 Å². The van der Waals surface area contributed by atoms with E-state index in [9.17, 15) is 14.7 Å². The van der Waals surface area contributed by atoms with Gasteiger partial charge in [-0.2, -0.15) is 0 Å². The first-order valence-electron chi connectivity index (χ1n) is 3.04. The summed E-state index contributed by atoms with van der Waals surface area (Å²) in [5, 5.41) is 9.97. The van der Waals surface area contributed by atoms with Crippen molar-refractivity contribution in [1.29, 1.82) is 0 Å². The molecule has 11 heavy (non-hydrogen) atoms. The number of aliphatic carboxylic acids is 1. The average Bonchev–Trinajstić information content (AvgIpc) is 2.36. The van der Waals surface area contributed by atoms with Gasteiger partial charge in [0, 0.05) is 12.5 Å². The molecule has 0 aromatic rings. The minimum atomic E-state index is -1.60. The molecule has 1 saturated heterocycles. The number of Topliss-reactive ketones (excluding diaryl/α,β-unsaturated/α-hetero) is 1. The number of ketones is 1. The third kappa shape index (κ3) is 2.91. The molecular weight excluding hydrogens is 159 g/mol. The fraction of sp³-hybridized carbons (Fsp3) is 0.667. The Morgan fingerprint density at radius 3 is 2.45 bits per heavy atom. The van der Waals surface area contributed by atoms with Crippen LogP contribution in [0.25, 0.3) is 0 Å². The molecule has 1 aliphatic heterocycles. The van der Waals surface area contributed by atoms with Crippen molar-refractivity contribution in [3.8, 4) is 0 Å². The Bertz CT molecular complexity index is 162. The van der Waals surface area contributed by atoms with Crippen LogP contribution in [0, 0.1) is 5.92 Å². The second-order valence-electron chi connectivity index (χ2n) is 2.21. The number of carbonyl (C=O) groups is 2. The Labute approximate surface area is 86.2 Å². The van der Waals surface area contributed by atoms with Gasteiger partial charge in [-0.25, -0.2) is 0 Å². The van der Waals surface area contributed by atoms with E-state index in [0.29, 0.717) is 13.0 Å². The fourth-order valence-corrected chi connectivity index (χ4v) is 0.908. The first kappa shape index (κ1) is 11.1. The van der Waals surface area contributed by atoms with Crippen molar-refractivity contribution in [2.75, 3.05) is 13.2 Å². The summed E-state index contributed by atoms with van der Waals surface area (Å²) in [6, 6.07) is 0. The predicted molar refractivity (Wildman–Crippen MR) is 28.9 cm³/mol. The van der Waals surface area contributed by atoms with Gasteiger partial charge in [0.05, 0.1) is 6.61 Å². The van der Waals surface area contributed by atoms with Crippen molar-refractivity contribution in [3.05, 3.63) is 0 Å². The normalized spacial score (nSPS) is 22.4. The number of ether oxygens (including phenoxy) is 1. The molecule has 1 unspecified atom stereocenters. The van der Waals surface area contributed by atoms with Crippen LogP contribution in [0.15, 0.2) is 0 Å². The Balaban J connectivity index is 0.000001000. The molecular formula is C6H7NaO4. The van der Waals surface area contributed by atoms with Gasteiger partial charge in [-0.3, -0.25) is 4.79 Å². The maximum Gasteiger partial charge on any atom is 1.00 e. The number of carbonyl (C=O) groups excluding carboxylic acids is 2. The summed E-state index contributed by atoms with van der Waals surface area (Å²) in [6.45, 7) is 0.705. The standard InChI is InChI=1S/C6H8O4.Na/c7-5(6(8)9)4-1-2-10-3-4;/h4H,1-3H2,(H,8,9);/q;+1/p-1. The predicted octanol–water partition coefficient (Wildman–Crippen LogP) is -4.65. The van der Waals surface area contributed by atoms with E-state index < -0.39 is 17.7 Å². The average molecular weight is 166 g/mol. The molecule has 0 bridgehead atoms. The summed E-state index contributed by atoms with van der Waals surface area (Å²) < 4.78 is 4.82. The van der Waals surface area contributed by atoms with Crippen LogP contribution in [-0.4, -0.2) is 25.0 Å². The van der Waals surface area contributed by atoms with Crippen molar-refractivity contribution in [3.63, 3.8) is 0 Å². The molecule has 0 aromatic heterocycles. The van der Waals surface area contributed by atoms with E-state index in [0.717, 1.165) is 0 Å². The summed E-state index contributed by atoms with van der Waals surface area (Å²) in [7, 11) is 0. The van der Waals surface area contributed by atoms with Crippen LogP contribution in [0.2, 0.25) is 0 Å². The minimum absolute atomic E-state index is 0. The van der Waals surface area contributed by atoms with Crippen molar-refractivity contribution in [2.45, 2.75) is 6.42 Å². The summed E-state index contributed by atoms with van der Waals surface area (Å²) in [5.74, 6) is -2.90. The molecule has 0 radical (unpaired) electrons. The van der Waals surface area contributed by atoms with Gasteiger partial charge in [0.15, 0.2) is 5.78 Å². The van der Waals surface area contributed by atoms with Gasteiger partial charge < -0.3 is 14.6 Å². The van der Waals surface area contributed by atoms with E-state index in [2.05, 4.69) is 0 Å². The smallest absolute Gasteiger partial charge is 0.542 e. The van der Waals surface area contributed by atoms with E-state index in [4.69, 9.17) is 4.74 Å². The van der Waals surface area contributed by atoms with Crippen LogP contribution in [-0.2, 0) is 14.3 Å². The number of carboxylic acid groups (broad SMARTS) is 1. The van der Waals surface area contributed by atoms with Crippen LogP contribution in [0.3, 0.4) is 0 Å². The van der Waals surface area contributed by atoms with E-state index in [1.54, 1.807) is 0 Å². The number of carboxylic acids is 1. The summed E-state index contributed by atoms with van der Waals surface area (Å²) in [4.78, 5) is 20.6. The molecule has 1 rings (SSSR count). The van der Waals surface area contributed by atoms with Gasteiger partial charge in [0.2, 0.25) is 0 Å². The number of hydrogen-bond donors (Lipinski definition) is 0. The van der Waals surface area contributed by atoms with Crippen LogP contribution in [0.5, 0.6) is 0 Å². The quantitative estimate of drug-likeness (QED) is 0.305. The molecule has 1 atom stereocenters. The largest absolute Gasteiger partial charge is 1.00 e.